The van der Waals surface area contributed by atoms with Crippen LogP contribution < -0.4 is 0 Å². The Labute approximate surface area is 101 Å². The molecule has 1 heterocycles. The number of pyridine rings is 1. The van der Waals surface area contributed by atoms with Crippen LogP contribution in [0.1, 0.15) is 25.3 Å². The fourth-order valence-corrected chi connectivity index (χ4v) is 1.86. The Kier molecular flexibility index (Phi) is 3.25. The Morgan fingerprint density at radius 2 is 1.75 bits per heavy atom. The van der Waals surface area contributed by atoms with Crippen LogP contribution in [0.5, 0.6) is 0 Å². The second-order valence-electron chi connectivity index (χ2n) is 4.10. The average molecular weight is 232 g/mol. The normalized spacial score (nSPS) is 10.8. The second-order valence-corrected chi connectivity index (χ2v) is 4.54. The quantitative estimate of drug-likeness (QED) is 0.740. The molecule has 2 heteroatoms. The van der Waals surface area contributed by atoms with E-state index in [1.54, 1.807) is 0 Å². The summed E-state index contributed by atoms with van der Waals surface area (Å²) < 4.78 is 0. The van der Waals surface area contributed by atoms with E-state index in [-0.39, 0.29) is 0 Å². The molecule has 0 aliphatic rings. The van der Waals surface area contributed by atoms with Gasteiger partial charge in [0.15, 0.2) is 0 Å². The van der Waals surface area contributed by atoms with Crippen LogP contribution in [-0.2, 0) is 0 Å². The smallest absolute Gasteiger partial charge is 0.0736 e. The number of aromatic nitrogens is 1. The van der Waals surface area contributed by atoms with Crippen molar-refractivity contribution in [2.24, 2.45) is 0 Å². The van der Waals surface area contributed by atoms with E-state index in [4.69, 9.17) is 11.6 Å². The zero-order valence-corrected chi connectivity index (χ0v) is 10.2. The lowest BCUT2D eigenvalue weighted by atomic mass is 9.97. The first kappa shape index (κ1) is 11.2. The third-order valence-electron chi connectivity index (χ3n) is 2.58. The first-order valence-corrected chi connectivity index (χ1v) is 5.77. The summed E-state index contributed by atoms with van der Waals surface area (Å²) in [4.78, 5) is 4.46. The van der Waals surface area contributed by atoms with E-state index in [9.17, 15) is 0 Å². The summed E-state index contributed by atoms with van der Waals surface area (Å²) >= 11 is 5.88. The molecule has 0 N–H and O–H groups in total. The van der Waals surface area contributed by atoms with Crippen molar-refractivity contribution in [2.75, 3.05) is 0 Å². The van der Waals surface area contributed by atoms with Gasteiger partial charge in [-0.3, -0.25) is 4.98 Å². The molecule has 2 aromatic rings. The van der Waals surface area contributed by atoms with Gasteiger partial charge in [0, 0.05) is 16.8 Å². The molecule has 0 saturated carbocycles. The summed E-state index contributed by atoms with van der Waals surface area (Å²) in [5.74, 6) is 0.472. The number of benzene rings is 1. The van der Waals surface area contributed by atoms with Gasteiger partial charge < -0.3 is 0 Å². The van der Waals surface area contributed by atoms with E-state index in [0.29, 0.717) is 5.92 Å². The summed E-state index contributed by atoms with van der Waals surface area (Å²) in [6.07, 6.45) is 1.83. The number of halogens is 1. The second kappa shape index (κ2) is 4.67. The Balaban J connectivity index is 2.51. The van der Waals surface area contributed by atoms with Gasteiger partial charge in [0.2, 0.25) is 0 Å². The van der Waals surface area contributed by atoms with Crippen molar-refractivity contribution in [3.05, 3.63) is 53.2 Å². The first-order chi connectivity index (χ1) is 7.68. The van der Waals surface area contributed by atoms with Crippen molar-refractivity contribution in [1.29, 1.82) is 0 Å². The number of hydrogen-bond acceptors (Lipinski definition) is 1. The van der Waals surface area contributed by atoms with Crippen LogP contribution >= 0.6 is 11.6 Å². The van der Waals surface area contributed by atoms with E-state index >= 15 is 0 Å². The fourth-order valence-electron chi connectivity index (χ4n) is 1.73. The maximum Gasteiger partial charge on any atom is 0.0736 e. The van der Waals surface area contributed by atoms with Gasteiger partial charge in [-0.25, -0.2) is 0 Å². The van der Waals surface area contributed by atoms with Crippen molar-refractivity contribution >= 4 is 11.6 Å². The summed E-state index contributed by atoms with van der Waals surface area (Å²) in [5.41, 5.74) is 3.44. The van der Waals surface area contributed by atoms with Gasteiger partial charge in [-0.1, -0.05) is 43.6 Å². The minimum atomic E-state index is 0.472. The molecule has 0 fully saturated rings. The highest BCUT2D eigenvalue weighted by atomic mass is 35.5. The largest absolute Gasteiger partial charge is 0.256 e. The standard InChI is InChI=1S/C14H14ClN/c1-10(2)13-4-3-9-16-14(13)11-5-7-12(15)8-6-11/h3-10H,1-2H3. The molecule has 0 aliphatic heterocycles. The molecule has 0 radical (unpaired) electrons. The van der Waals surface area contributed by atoms with Crippen LogP contribution in [0.3, 0.4) is 0 Å². The van der Waals surface area contributed by atoms with Gasteiger partial charge in [-0.2, -0.15) is 0 Å². The number of hydrogen-bond donors (Lipinski definition) is 0. The summed E-state index contributed by atoms with van der Waals surface area (Å²) in [7, 11) is 0. The Morgan fingerprint density at radius 3 is 2.38 bits per heavy atom. The van der Waals surface area contributed by atoms with Crippen LogP contribution in [0, 0.1) is 0 Å². The average Bonchev–Trinajstić information content (AvgIpc) is 2.30. The zero-order chi connectivity index (χ0) is 11.5. The molecule has 0 bridgehead atoms. The topological polar surface area (TPSA) is 12.9 Å². The zero-order valence-electron chi connectivity index (χ0n) is 9.44. The highest BCUT2D eigenvalue weighted by Gasteiger charge is 2.08. The lowest BCUT2D eigenvalue weighted by molar-refractivity contribution is 0.861. The molecular weight excluding hydrogens is 218 g/mol. The van der Waals surface area contributed by atoms with Crippen molar-refractivity contribution in [3.63, 3.8) is 0 Å². The van der Waals surface area contributed by atoms with Crippen molar-refractivity contribution in [3.8, 4) is 11.3 Å². The van der Waals surface area contributed by atoms with Crippen LogP contribution in [0.4, 0.5) is 0 Å². The molecule has 0 amide bonds. The number of rotatable bonds is 2. The molecule has 2 rings (SSSR count). The third-order valence-corrected chi connectivity index (χ3v) is 2.83. The third kappa shape index (κ3) is 2.25. The molecule has 0 atom stereocenters. The minimum absolute atomic E-state index is 0.472. The minimum Gasteiger partial charge on any atom is -0.256 e. The van der Waals surface area contributed by atoms with Crippen molar-refractivity contribution in [1.82, 2.24) is 4.98 Å². The molecule has 0 spiro atoms. The SMILES string of the molecule is CC(C)c1cccnc1-c1ccc(Cl)cc1. The van der Waals surface area contributed by atoms with Gasteiger partial charge in [0.1, 0.15) is 0 Å². The maximum absolute atomic E-state index is 5.88. The molecule has 1 aromatic carbocycles. The molecule has 0 unspecified atom stereocenters. The van der Waals surface area contributed by atoms with E-state index in [0.717, 1.165) is 16.3 Å². The van der Waals surface area contributed by atoms with Gasteiger partial charge in [0.05, 0.1) is 5.69 Å². The van der Waals surface area contributed by atoms with Gasteiger partial charge in [0.25, 0.3) is 0 Å². The van der Waals surface area contributed by atoms with Gasteiger partial charge in [-0.15, -0.1) is 0 Å². The van der Waals surface area contributed by atoms with Gasteiger partial charge >= 0.3 is 0 Å². The highest BCUT2D eigenvalue weighted by molar-refractivity contribution is 6.30. The molecule has 1 aromatic heterocycles. The Hall–Kier alpha value is -1.34. The molecule has 0 saturated heterocycles. The van der Waals surface area contributed by atoms with Crippen LogP contribution in [0.15, 0.2) is 42.6 Å². The van der Waals surface area contributed by atoms with Crippen LogP contribution in [0.2, 0.25) is 5.02 Å². The van der Waals surface area contributed by atoms with Gasteiger partial charge in [-0.05, 0) is 29.7 Å². The van der Waals surface area contributed by atoms with E-state index in [2.05, 4.69) is 24.9 Å². The summed E-state index contributed by atoms with van der Waals surface area (Å²) in [6, 6.07) is 11.9. The fraction of sp³-hybridized carbons (Fsp3) is 0.214. The molecule has 0 aliphatic carbocycles. The lowest BCUT2D eigenvalue weighted by Crippen LogP contribution is -1.94. The highest BCUT2D eigenvalue weighted by Crippen LogP contribution is 2.27. The van der Waals surface area contributed by atoms with Crippen LogP contribution in [0.25, 0.3) is 11.3 Å². The number of nitrogens with zero attached hydrogens (tertiary/aromatic N) is 1. The first-order valence-electron chi connectivity index (χ1n) is 5.39. The Morgan fingerprint density at radius 1 is 1.06 bits per heavy atom. The van der Waals surface area contributed by atoms with Crippen LogP contribution in [-0.4, -0.2) is 4.98 Å². The Bertz CT molecular complexity index is 474. The summed E-state index contributed by atoms with van der Waals surface area (Å²) in [6.45, 7) is 4.35. The van der Waals surface area contributed by atoms with E-state index in [1.807, 2.05) is 36.5 Å². The van der Waals surface area contributed by atoms with Crippen molar-refractivity contribution in [2.45, 2.75) is 19.8 Å². The van der Waals surface area contributed by atoms with E-state index in [1.165, 1.54) is 5.56 Å². The summed E-state index contributed by atoms with van der Waals surface area (Å²) in [5, 5.41) is 0.755. The monoisotopic (exact) mass is 231 g/mol. The predicted molar refractivity (Wildman–Crippen MR) is 68.8 cm³/mol. The molecule has 16 heavy (non-hydrogen) atoms. The van der Waals surface area contributed by atoms with Crippen molar-refractivity contribution < 1.29 is 0 Å². The maximum atomic E-state index is 5.88. The predicted octanol–water partition coefficient (Wildman–Crippen LogP) is 4.53. The van der Waals surface area contributed by atoms with E-state index < -0.39 is 0 Å². The molecular formula is C14H14ClN. The molecule has 82 valence electrons. The molecule has 1 nitrogen and oxygen atoms in total. The lowest BCUT2D eigenvalue weighted by Gasteiger charge is -2.11.